The van der Waals surface area contributed by atoms with Gasteiger partial charge in [0.2, 0.25) is 5.75 Å². The fraction of sp³-hybridized carbons (Fsp3) is 0. The molecule has 1 rings (SSSR count). The molecule has 0 amide bonds. The van der Waals surface area contributed by atoms with Gasteiger partial charge >= 0.3 is 11.7 Å². The Morgan fingerprint density at radius 1 is 1.60 bits per heavy atom. The van der Waals surface area contributed by atoms with Gasteiger partial charge in [-0.05, 0) is 6.07 Å². The van der Waals surface area contributed by atoms with Gasteiger partial charge in [0.1, 0.15) is 0 Å². The number of hydrogen-bond donors (Lipinski definition) is 1. The second-order valence-corrected chi connectivity index (χ2v) is 2.51. The Hall–Kier alpha value is -2.37. The summed E-state index contributed by atoms with van der Waals surface area (Å²) in [4.78, 5) is 20.6. The minimum absolute atomic E-state index is 0.473. The molecule has 0 aliphatic carbocycles. The summed E-state index contributed by atoms with van der Waals surface area (Å²) in [5.74, 6) is -1.83. The summed E-state index contributed by atoms with van der Waals surface area (Å²) in [5.41, 5.74) is -0.481. The molecule has 0 spiro atoms. The van der Waals surface area contributed by atoms with E-state index in [0.717, 1.165) is 12.1 Å². The van der Waals surface area contributed by atoms with Crippen LogP contribution in [0.1, 0.15) is 0 Å². The first-order valence-corrected chi connectivity index (χ1v) is 3.87. The Balaban J connectivity index is 3.18. The van der Waals surface area contributed by atoms with Gasteiger partial charge < -0.3 is 9.84 Å². The Morgan fingerprint density at radius 2 is 2.27 bits per heavy atom. The van der Waals surface area contributed by atoms with Crippen molar-refractivity contribution < 1.29 is 19.6 Å². The van der Waals surface area contributed by atoms with E-state index in [2.05, 4.69) is 11.3 Å². The number of nitrogens with zero attached hydrogens (tertiary/aromatic N) is 1. The maximum atomic E-state index is 10.8. The minimum atomic E-state index is -0.875. The van der Waals surface area contributed by atoms with Gasteiger partial charge in [0.05, 0.1) is 4.92 Å². The van der Waals surface area contributed by atoms with E-state index in [-0.39, 0.29) is 0 Å². The molecule has 1 N–H and O–H groups in total. The molecular weight excluding hydrogens is 202 g/mol. The summed E-state index contributed by atoms with van der Waals surface area (Å²) in [5, 5.41) is 19.8. The highest BCUT2D eigenvalue weighted by Crippen LogP contribution is 2.35. The third-order valence-corrected chi connectivity index (χ3v) is 1.54. The van der Waals surface area contributed by atoms with Crippen LogP contribution in [0.2, 0.25) is 0 Å². The summed E-state index contributed by atoms with van der Waals surface area (Å²) >= 11 is 0. The molecule has 6 heteroatoms. The number of benzene rings is 1. The number of hydrogen-bond acceptors (Lipinski definition) is 5. The lowest BCUT2D eigenvalue weighted by atomic mass is 10.3. The van der Waals surface area contributed by atoms with E-state index in [1.54, 1.807) is 0 Å². The van der Waals surface area contributed by atoms with Gasteiger partial charge in [0.25, 0.3) is 0 Å². The van der Waals surface area contributed by atoms with Crippen LogP contribution in [0, 0.1) is 10.1 Å². The number of phenolic OH excluding ortho intramolecular Hbond substituents is 1. The second kappa shape index (κ2) is 4.23. The SMILES string of the molecule is C=CC(=O)Oc1c(O)cccc1[N+](=O)[O-]. The number of esters is 1. The van der Waals surface area contributed by atoms with Crippen molar-refractivity contribution in [3.8, 4) is 11.5 Å². The zero-order valence-corrected chi connectivity index (χ0v) is 7.54. The standard InChI is InChI=1S/C9H7NO5/c1-2-8(12)15-9-6(10(13)14)4-3-5-7(9)11/h2-5,11H,1H2. The van der Waals surface area contributed by atoms with Crippen LogP contribution in [-0.2, 0) is 4.79 Å². The van der Waals surface area contributed by atoms with Crippen molar-refractivity contribution in [1.82, 2.24) is 0 Å². The zero-order valence-electron chi connectivity index (χ0n) is 7.54. The number of ether oxygens (including phenoxy) is 1. The molecule has 1 aromatic rings. The lowest BCUT2D eigenvalue weighted by molar-refractivity contribution is -0.385. The van der Waals surface area contributed by atoms with Crippen LogP contribution < -0.4 is 4.74 Å². The van der Waals surface area contributed by atoms with E-state index in [9.17, 15) is 20.0 Å². The van der Waals surface area contributed by atoms with Crippen LogP contribution in [0.3, 0.4) is 0 Å². The third-order valence-electron chi connectivity index (χ3n) is 1.54. The molecule has 0 aliphatic rings. The van der Waals surface area contributed by atoms with E-state index in [4.69, 9.17) is 0 Å². The molecular formula is C9H7NO5. The highest BCUT2D eigenvalue weighted by atomic mass is 16.6. The molecule has 0 fully saturated rings. The Bertz CT molecular complexity index is 427. The predicted octanol–water partition coefficient (Wildman–Crippen LogP) is 1.39. The maximum Gasteiger partial charge on any atom is 0.335 e. The van der Waals surface area contributed by atoms with Crippen molar-refractivity contribution >= 4 is 11.7 Å². The quantitative estimate of drug-likeness (QED) is 0.267. The van der Waals surface area contributed by atoms with Crippen LogP contribution in [0.15, 0.2) is 30.9 Å². The Labute approximate surface area is 84.6 Å². The molecule has 78 valence electrons. The summed E-state index contributed by atoms with van der Waals surface area (Å²) in [6.07, 6.45) is 0.843. The van der Waals surface area contributed by atoms with Gasteiger partial charge in [-0.2, -0.15) is 0 Å². The van der Waals surface area contributed by atoms with Gasteiger partial charge in [0.15, 0.2) is 5.75 Å². The fourth-order valence-electron chi connectivity index (χ4n) is 0.904. The molecule has 0 heterocycles. The highest BCUT2D eigenvalue weighted by molar-refractivity contribution is 5.84. The molecule has 1 aromatic carbocycles. The van der Waals surface area contributed by atoms with Crippen molar-refractivity contribution in [3.63, 3.8) is 0 Å². The van der Waals surface area contributed by atoms with Gasteiger partial charge in [-0.25, -0.2) is 4.79 Å². The topological polar surface area (TPSA) is 89.7 Å². The first kappa shape index (κ1) is 10.7. The first-order chi connectivity index (χ1) is 7.06. The molecule has 0 saturated carbocycles. The van der Waals surface area contributed by atoms with E-state index in [1.807, 2.05) is 0 Å². The number of para-hydroxylation sites is 1. The number of carbonyl (C=O) groups is 1. The predicted molar refractivity (Wildman–Crippen MR) is 50.6 cm³/mol. The van der Waals surface area contributed by atoms with Crippen LogP contribution >= 0.6 is 0 Å². The molecule has 0 bridgehead atoms. The number of aromatic hydroxyl groups is 1. The molecule has 6 nitrogen and oxygen atoms in total. The van der Waals surface area contributed by atoms with Crippen molar-refractivity contribution in [2.24, 2.45) is 0 Å². The maximum absolute atomic E-state index is 10.8. The summed E-state index contributed by atoms with van der Waals surface area (Å²) in [6, 6.07) is 3.57. The smallest absolute Gasteiger partial charge is 0.335 e. The van der Waals surface area contributed by atoms with Crippen molar-refractivity contribution in [3.05, 3.63) is 41.0 Å². The normalized spacial score (nSPS) is 9.33. The number of nitro groups is 1. The molecule has 0 saturated heterocycles. The van der Waals surface area contributed by atoms with E-state index >= 15 is 0 Å². The van der Waals surface area contributed by atoms with Crippen molar-refractivity contribution in [2.45, 2.75) is 0 Å². The largest absolute Gasteiger partial charge is 0.504 e. The summed E-state index contributed by atoms with van der Waals surface area (Å²) in [6.45, 7) is 3.13. The number of nitro benzene ring substituents is 1. The molecule has 0 radical (unpaired) electrons. The van der Waals surface area contributed by atoms with E-state index < -0.39 is 28.1 Å². The third kappa shape index (κ3) is 2.31. The van der Waals surface area contributed by atoms with Crippen LogP contribution in [0.5, 0.6) is 11.5 Å². The lowest BCUT2D eigenvalue weighted by Crippen LogP contribution is -2.05. The minimum Gasteiger partial charge on any atom is -0.504 e. The van der Waals surface area contributed by atoms with Gasteiger partial charge in [0, 0.05) is 12.1 Å². The Kier molecular flexibility index (Phi) is 3.02. The highest BCUT2D eigenvalue weighted by Gasteiger charge is 2.20. The molecule has 0 atom stereocenters. The average molecular weight is 209 g/mol. The molecule has 0 aliphatic heterocycles. The van der Waals surface area contributed by atoms with E-state index in [1.165, 1.54) is 12.1 Å². The van der Waals surface area contributed by atoms with Crippen LogP contribution in [-0.4, -0.2) is 16.0 Å². The summed E-state index contributed by atoms with van der Waals surface area (Å²) in [7, 11) is 0. The molecule has 15 heavy (non-hydrogen) atoms. The van der Waals surface area contributed by atoms with Crippen molar-refractivity contribution in [1.29, 1.82) is 0 Å². The Morgan fingerprint density at radius 3 is 2.80 bits per heavy atom. The van der Waals surface area contributed by atoms with Crippen molar-refractivity contribution in [2.75, 3.05) is 0 Å². The average Bonchev–Trinajstić information content (AvgIpc) is 2.20. The first-order valence-electron chi connectivity index (χ1n) is 3.87. The molecule has 0 aromatic heterocycles. The fourth-order valence-corrected chi connectivity index (χ4v) is 0.904. The van der Waals surface area contributed by atoms with E-state index in [0.29, 0.717) is 0 Å². The molecule has 0 unspecified atom stereocenters. The van der Waals surface area contributed by atoms with Crippen LogP contribution in [0.4, 0.5) is 5.69 Å². The van der Waals surface area contributed by atoms with Gasteiger partial charge in [-0.15, -0.1) is 0 Å². The number of rotatable bonds is 3. The zero-order chi connectivity index (χ0) is 11.4. The monoisotopic (exact) mass is 209 g/mol. The number of phenols is 1. The lowest BCUT2D eigenvalue weighted by Gasteiger charge is -2.03. The number of carbonyl (C=O) groups excluding carboxylic acids is 1. The van der Waals surface area contributed by atoms with Gasteiger partial charge in [-0.3, -0.25) is 10.1 Å². The summed E-state index contributed by atoms with van der Waals surface area (Å²) < 4.78 is 4.54. The second-order valence-electron chi connectivity index (χ2n) is 2.51. The van der Waals surface area contributed by atoms with Gasteiger partial charge in [-0.1, -0.05) is 12.6 Å². The van der Waals surface area contributed by atoms with Crippen LogP contribution in [0.25, 0.3) is 0 Å².